The van der Waals surface area contributed by atoms with Crippen LogP contribution in [0.5, 0.6) is 0 Å². The number of amides is 1. The standard InChI is InChI=1S/C23H29IN4O3/c1-15(2)11-21(23(30)31-3)27-22(29)19-10-9-17(25-13-18-14-26-24-28-18)12-20(19)16-7-5-4-6-8-16/h4-7,9-10,12,14-16,21,25H,8,11,13H2,1-3H3,(H,26,28)(H,27,29)/t16-,21-/m0/s1. The Bertz CT molecular complexity index is 937. The van der Waals surface area contributed by atoms with Gasteiger partial charge in [-0.2, -0.15) is 0 Å². The van der Waals surface area contributed by atoms with Gasteiger partial charge in [0.2, 0.25) is 0 Å². The van der Waals surface area contributed by atoms with Gasteiger partial charge in [0.25, 0.3) is 5.91 Å². The second kappa shape index (κ2) is 11.2. The second-order valence-corrected chi connectivity index (χ2v) is 9.50. The summed E-state index contributed by atoms with van der Waals surface area (Å²) in [7, 11) is 1.34. The van der Waals surface area contributed by atoms with Crippen molar-refractivity contribution in [3.8, 4) is 0 Å². The summed E-state index contributed by atoms with van der Waals surface area (Å²) in [4.78, 5) is 25.4. The number of esters is 1. The first kappa shape index (κ1) is 23.2. The summed E-state index contributed by atoms with van der Waals surface area (Å²) in [5.74, 6) is -0.342. The molecule has 1 amide bonds. The quantitative estimate of drug-likeness (QED) is 0.245. The van der Waals surface area contributed by atoms with Crippen LogP contribution in [0.4, 0.5) is 5.69 Å². The normalized spacial score (nSPS) is 18.1. The highest BCUT2D eigenvalue weighted by atomic mass is 127. The summed E-state index contributed by atoms with van der Waals surface area (Å²) in [6.07, 6.45) is 11.4. The number of benzene rings is 1. The molecule has 0 saturated carbocycles. The number of nitrogens with one attached hydrogen (secondary N) is 3. The number of hydrogen-bond donors (Lipinski definition) is 3. The van der Waals surface area contributed by atoms with Gasteiger partial charge in [0.1, 0.15) is 27.3 Å². The zero-order valence-electron chi connectivity index (χ0n) is 18.0. The third kappa shape index (κ3) is 6.49. The molecular formula is C23H29IN4O3. The Morgan fingerprint density at radius 2 is 2.16 bits per heavy atom. The number of methoxy groups -OCH3 is 1. The minimum atomic E-state index is -0.669. The molecule has 2 aliphatic rings. The lowest BCUT2D eigenvalue weighted by Crippen LogP contribution is -2.42. The van der Waals surface area contributed by atoms with Crippen molar-refractivity contribution >= 4 is 38.9 Å². The van der Waals surface area contributed by atoms with E-state index in [-0.39, 0.29) is 39.0 Å². The molecule has 1 heterocycles. The van der Waals surface area contributed by atoms with Gasteiger partial charge in [0.15, 0.2) is 0 Å². The van der Waals surface area contributed by atoms with Gasteiger partial charge in [-0.1, -0.05) is 38.2 Å². The van der Waals surface area contributed by atoms with Crippen LogP contribution in [0.3, 0.4) is 0 Å². The van der Waals surface area contributed by atoms with E-state index in [2.05, 4.69) is 29.5 Å². The third-order valence-corrected chi connectivity index (χ3v) is 6.57. The van der Waals surface area contributed by atoms with E-state index in [0.29, 0.717) is 18.5 Å². The minimum absolute atomic E-state index is 0.0962. The molecule has 3 N–H and O–H groups in total. The van der Waals surface area contributed by atoms with Crippen LogP contribution in [0.25, 0.3) is 0 Å². The van der Waals surface area contributed by atoms with E-state index in [9.17, 15) is 9.59 Å². The number of nitrogens with zero attached hydrogens (tertiary/aromatic N) is 1. The topological polar surface area (TPSA) is 91.8 Å². The molecule has 7 nitrogen and oxygen atoms in total. The molecule has 0 unspecified atom stereocenters. The van der Waals surface area contributed by atoms with Crippen LogP contribution < -0.4 is 14.2 Å². The largest absolute Gasteiger partial charge is 0.467 e. The Hall–Kier alpha value is -2.49. The fourth-order valence-corrected chi connectivity index (χ4v) is 4.78. The van der Waals surface area contributed by atoms with Crippen molar-refractivity contribution in [3.05, 3.63) is 65.5 Å². The van der Waals surface area contributed by atoms with Crippen molar-refractivity contribution in [1.82, 2.24) is 8.85 Å². The third-order valence-electron chi connectivity index (χ3n) is 5.07. The summed E-state index contributed by atoms with van der Waals surface area (Å²) in [6.45, 7) is 4.68. The molecule has 0 aromatic heterocycles. The smallest absolute Gasteiger partial charge is 0.328 e. The molecule has 1 aromatic carbocycles. The van der Waals surface area contributed by atoms with Gasteiger partial charge in [-0.3, -0.25) is 4.79 Å². The monoisotopic (exact) mass is 536 g/mol. The van der Waals surface area contributed by atoms with Crippen LogP contribution in [0, 0.1) is 5.92 Å². The predicted molar refractivity (Wildman–Crippen MR) is 131 cm³/mol. The average Bonchev–Trinajstić information content (AvgIpc) is 3.30. The zero-order chi connectivity index (χ0) is 22.2. The van der Waals surface area contributed by atoms with Crippen molar-refractivity contribution in [3.63, 3.8) is 0 Å². The van der Waals surface area contributed by atoms with Gasteiger partial charge >= 0.3 is 5.97 Å². The molecule has 166 valence electrons. The first-order chi connectivity index (χ1) is 15.0. The van der Waals surface area contributed by atoms with E-state index in [0.717, 1.165) is 23.4 Å². The molecule has 1 aromatic rings. The maximum absolute atomic E-state index is 13.2. The summed E-state index contributed by atoms with van der Waals surface area (Å²) in [6, 6.07) is 5.09. The molecule has 3 rings (SSSR count). The molecule has 1 aliphatic heterocycles. The number of allylic oxidation sites excluding steroid dienone is 4. The molecule has 0 radical (unpaired) electrons. The first-order valence-electron chi connectivity index (χ1n) is 10.4. The van der Waals surface area contributed by atoms with Crippen LogP contribution in [0.1, 0.15) is 48.5 Å². The van der Waals surface area contributed by atoms with Crippen LogP contribution in [0.15, 0.2) is 57.5 Å². The predicted octanol–water partition coefficient (Wildman–Crippen LogP) is 4.53. The fraction of sp³-hybridized carbons (Fsp3) is 0.391. The Balaban J connectivity index is 1.82. The SMILES string of the molecule is COC(=O)[C@H](CC(C)C)NC(=O)c1ccc(NCC2=CN=IN2)cc1[C@H]1C=CC=CC1. The molecule has 1 aliphatic carbocycles. The van der Waals surface area contributed by atoms with Crippen molar-refractivity contribution in [2.75, 3.05) is 19.0 Å². The van der Waals surface area contributed by atoms with E-state index in [1.54, 1.807) is 0 Å². The number of carbonyl (C=O) groups excluding carboxylic acids is 2. The van der Waals surface area contributed by atoms with E-state index in [1.807, 2.05) is 50.4 Å². The lowest BCUT2D eigenvalue weighted by molar-refractivity contribution is -0.143. The number of rotatable bonds is 9. The first-order valence-corrected chi connectivity index (χ1v) is 12.4. The molecule has 0 fully saturated rings. The highest BCUT2D eigenvalue weighted by molar-refractivity contribution is 14.1. The number of ether oxygens (including phenoxy) is 1. The van der Waals surface area contributed by atoms with Crippen LogP contribution in [0.2, 0.25) is 0 Å². The van der Waals surface area contributed by atoms with Gasteiger partial charge < -0.3 is 18.9 Å². The Morgan fingerprint density at radius 3 is 2.81 bits per heavy atom. The van der Waals surface area contributed by atoms with E-state index >= 15 is 0 Å². The van der Waals surface area contributed by atoms with Gasteiger partial charge in [-0.05, 0) is 42.5 Å². The van der Waals surface area contributed by atoms with Crippen molar-refractivity contribution < 1.29 is 14.3 Å². The highest BCUT2D eigenvalue weighted by Crippen LogP contribution is 2.30. The van der Waals surface area contributed by atoms with Gasteiger partial charge in [-0.25, -0.2) is 7.94 Å². The molecule has 2 atom stereocenters. The highest BCUT2D eigenvalue weighted by Gasteiger charge is 2.25. The molecule has 0 bridgehead atoms. The van der Waals surface area contributed by atoms with Gasteiger partial charge in [0.05, 0.1) is 25.6 Å². The molecule has 8 heteroatoms. The number of anilines is 1. The zero-order valence-corrected chi connectivity index (χ0v) is 20.2. The van der Waals surface area contributed by atoms with Crippen LogP contribution in [-0.4, -0.2) is 31.6 Å². The number of hydrogen-bond acceptors (Lipinski definition) is 6. The fourth-order valence-electron chi connectivity index (χ4n) is 3.52. The Kier molecular flexibility index (Phi) is 8.39. The van der Waals surface area contributed by atoms with E-state index in [4.69, 9.17) is 4.74 Å². The van der Waals surface area contributed by atoms with Crippen molar-refractivity contribution in [2.45, 2.75) is 38.6 Å². The summed E-state index contributed by atoms with van der Waals surface area (Å²) < 4.78 is 12.5. The van der Waals surface area contributed by atoms with E-state index < -0.39 is 12.0 Å². The van der Waals surface area contributed by atoms with Gasteiger partial charge in [0, 0.05) is 17.2 Å². The maximum atomic E-state index is 13.2. The van der Waals surface area contributed by atoms with Crippen LogP contribution in [-0.2, 0) is 9.53 Å². The molecule has 31 heavy (non-hydrogen) atoms. The lowest BCUT2D eigenvalue weighted by atomic mass is 9.88. The van der Waals surface area contributed by atoms with Crippen LogP contribution >= 0.6 is 21.3 Å². The lowest BCUT2D eigenvalue weighted by Gasteiger charge is -2.22. The molecule has 0 saturated heterocycles. The molecular weight excluding hydrogens is 507 g/mol. The Labute approximate surface area is 193 Å². The minimum Gasteiger partial charge on any atom is -0.467 e. The van der Waals surface area contributed by atoms with Gasteiger partial charge in [-0.15, -0.1) is 0 Å². The number of halogens is 1. The van der Waals surface area contributed by atoms with E-state index in [1.165, 1.54) is 7.11 Å². The number of carbonyl (C=O) groups is 2. The summed E-state index contributed by atoms with van der Waals surface area (Å²) in [5, 5.41) is 6.29. The average molecular weight is 536 g/mol. The second-order valence-electron chi connectivity index (χ2n) is 7.92. The van der Waals surface area contributed by atoms with Crippen molar-refractivity contribution in [2.24, 2.45) is 9.06 Å². The van der Waals surface area contributed by atoms with Crippen molar-refractivity contribution in [1.29, 1.82) is 0 Å². The summed E-state index contributed by atoms with van der Waals surface area (Å²) in [5.41, 5.74) is 3.52. The maximum Gasteiger partial charge on any atom is 0.328 e. The summed E-state index contributed by atoms with van der Waals surface area (Å²) >= 11 is -0.300. The molecule has 0 spiro atoms. The Morgan fingerprint density at radius 1 is 1.32 bits per heavy atom.